The molecule has 6 heteroatoms. The van der Waals surface area contributed by atoms with Crippen LogP contribution in [0.5, 0.6) is 0 Å². The molecule has 0 spiro atoms. The number of amides is 1. The zero-order valence-electron chi connectivity index (χ0n) is 10.3. The quantitative estimate of drug-likeness (QED) is 0.884. The van der Waals surface area contributed by atoms with Crippen molar-refractivity contribution in [3.8, 4) is 0 Å². The monoisotopic (exact) mass is 273 g/mol. The predicted molar refractivity (Wildman–Crippen MR) is 66.3 cm³/mol. The lowest BCUT2D eigenvalue weighted by molar-refractivity contribution is -0.120. The molecular weight excluding hydrogens is 257 g/mol. The van der Waals surface area contributed by atoms with Gasteiger partial charge in [-0.3, -0.25) is 4.79 Å². The summed E-state index contributed by atoms with van der Waals surface area (Å²) in [5.41, 5.74) is 0. The van der Waals surface area contributed by atoms with E-state index in [-0.39, 0.29) is 0 Å². The van der Waals surface area contributed by atoms with Crippen molar-refractivity contribution >= 4 is 15.7 Å². The second-order valence-electron chi connectivity index (χ2n) is 3.91. The zero-order chi connectivity index (χ0) is 13.8. The largest absolute Gasteiger partial charge is 0.355 e. The molecule has 0 aliphatic heterocycles. The van der Waals surface area contributed by atoms with Gasteiger partial charge in [-0.25, -0.2) is 12.8 Å². The third-order valence-electron chi connectivity index (χ3n) is 2.53. The van der Waals surface area contributed by atoms with Crippen molar-refractivity contribution in [1.29, 1.82) is 0 Å². The van der Waals surface area contributed by atoms with Gasteiger partial charge in [0.2, 0.25) is 5.91 Å². The Kier molecular flexibility index (Phi) is 4.84. The van der Waals surface area contributed by atoms with Crippen LogP contribution in [0.3, 0.4) is 0 Å². The average Bonchev–Trinajstić information content (AvgIpc) is 2.35. The fraction of sp³-hybridized carbons (Fsp3) is 0.417. The number of benzene rings is 1. The molecule has 1 aromatic carbocycles. The normalized spacial score (nSPS) is 13.1. The summed E-state index contributed by atoms with van der Waals surface area (Å²) in [7, 11) is -3.99. The molecule has 1 amide bonds. The van der Waals surface area contributed by atoms with E-state index in [1.165, 1.54) is 19.1 Å². The van der Waals surface area contributed by atoms with E-state index in [2.05, 4.69) is 5.32 Å². The van der Waals surface area contributed by atoms with E-state index >= 15 is 0 Å². The molecule has 1 N–H and O–H groups in total. The van der Waals surface area contributed by atoms with E-state index < -0.39 is 31.7 Å². The van der Waals surface area contributed by atoms with Gasteiger partial charge < -0.3 is 5.32 Å². The molecular formula is C12H16FNO3S. The van der Waals surface area contributed by atoms with Gasteiger partial charge in [0.1, 0.15) is 16.0 Å². The third-order valence-corrected chi connectivity index (χ3v) is 4.62. The smallest absolute Gasteiger partial charge is 0.238 e. The molecule has 0 aliphatic carbocycles. The van der Waals surface area contributed by atoms with Gasteiger partial charge in [0.05, 0.1) is 0 Å². The predicted octanol–water partition coefficient (Wildman–Crippen LogP) is 1.51. The number of carbonyl (C=O) groups excluding carboxylic acids is 1. The Bertz CT molecular complexity index is 528. The lowest BCUT2D eigenvalue weighted by atomic mass is 10.3. The molecule has 18 heavy (non-hydrogen) atoms. The Labute approximate surface area is 106 Å². The molecule has 1 atom stereocenters. The van der Waals surface area contributed by atoms with Crippen LogP contribution in [-0.4, -0.2) is 26.1 Å². The van der Waals surface area contributed by atoms with Crippen molar-refractivity contribution < 1.29 is 17.6 Å². The number of rotatable bonds is 5. The molecule has 0 saturated carbocycles. The Hall–Kier alpha value is -1.43. The molecule has 4 nitrogen and oxygen atoms in total. The van der Waals surface area contributed by atoms with Crippen molar-refractivity contribution in [3.05, 3.63) is 30.1 Å². The summed E-state index contributed by atoms with van der Waals surface area (Å²) in [6.07, 6.45) is 0.707. The topological polar surface area (TPSA) is 63.2 Å². The van der Waals surface area contributed by atoms with E-state index in [9.17, 15) is 17.6 Å². The molecule has 1 rings (SSSR count). The summed E-state index contributed by atoms with van der Waals surface area (Å²) in [4.78, 5) is 11.2. The van der Waals surface area contributed by atoms with Crippen LogP contribution in [0.4, 0.5) is 4.39 Å². The van der Waals surface area contributed by atoms with Crippen molar-refractivity contribution in [2.75, 3.05) is 6.54 Å². The standard InChI is InChI=1S/C12H16FNO3S/c1-3-8-14-12(15)9(2)18(16,17)11-7-5-4-6-10(11)13/h4-7,9H,3,8H2,1-2H3,(H,14,15). The molecule has 1 aromatic rings. The maximum absolute atomic E-state index is 13.5. The van der Waals surface area contributed by atoms with Gasteiger partial charge in [0.25, 0.3) is 0 Å². The van der Waals surface area contributed by atoms with E-state index in [1.54, 1.807) is 0 Å². The highest BCUT2D eigenvalue weighted by atomic mass is 32.2. The first kappa shape index (κ1) is 14.6. The Morgan fingerprint density at radius 2 is 2.00 bits per heavy atom. The van der Waals surface area contributed by atoms with Crippen LogP contribution in [0.25, 0.3) is 0 Å². The fourth-order valence-corrected chi connectivity index (χ4v) is 2.75. The van der Waals surface area contributed by atoms with E-state index in [0.717, 1.165) is 12.1 Å². The maximum Gasteiger partial charge on any atom is 0.238 e. The van der Waals surface area contributed by atoms with Crippen LogP contribution in [0.2, 0.25) is 0 Å². The summed E-state index contributed by atoms with van der Waals surface area (Å²) in [6, 6.07) is 5.04. The van der Waals surface area contributed by atoms with E-state index in [0.29, 0.717) is 13.0 Å². The summed E-state index contributed by atoms with van der Waals surface area (Å²) in [5, 5.41) is 1.18. The van der Waals surface area contributed by atoms with Crippen LogP contribution in [-0.2, 0) is 14.6 Å². The van der Waals surface area contributed by atoms with Crippen LogP contribution < -0.4 is 5.32 Å². The molecule has 0 saturated heterocycles. The van der Waals surface area contributed by atoms with Crippen molar-refractivity contribution in [1.82, 2.24) is 5.32 Å². The highest BCUT2D eigenvalue weighted by Gasteiger charge is 2.31. The minimum absolute atomic E-state index is 0.399. The van der Waals surface area contributed by atoms with Gasteiger partial charge in [-0.2, -0.15) is 0 Å². The molecule has 0 radical (unpaired) electrons. The molecule has 100 valence electrons. The van der Waals surface area contributed by atoms with Gasteiger partial charge in [-0.05, 0) is 25.5 Å². The van der Waals surface area contributed by atoms with Crippen LogP contribution in [0.15, 0.2) is 29.2 Å². The second kappa shape index (κ2) is 5.95. The summed E-state index contributed by atoms with van der Waals surface area (Å²) in [5.74, 6) is -1.45. The fourth-order valence-electron chi connectivity index (χ4n) is 1.40. The zero-order valence-corrected chi connectivity index (χ0v) is 11.1. The summed E-state index contributed by atoms with van der Waals surface area (Å²) < 4.78 is 37.6. The molecule has 0 fully saturated rings. The highest BCUT2D eigenvalue weighted by Crippen LogP contribution is 2.19. The van der Waals surface area contributed by atoms with Crippen molar-refractivity contribution in [3.63, 3.8) is 0 Å². The Balaban J connectivity index is 3.01. The van der Waals surface area contributed by atoms with E-state index in [1.807, 2.05) is 6.92 Å². The number of carbonyl (C=O) groups is 1. The minimum Gasteiger partial charge on any atom is -0.355 e. The third kappa shape index (κ3) is 3.07. The molecule has 0 aromatic heterocycles. The van der Waals surface area contributed by atoms with Crippen molar-refractivity contribution in [2.45, 2.75) is 30.4 Å². The second-order valence-corrected chi connectivity index (χ2v) is 6.15. The summed E-state index contributed by atoms with van der Waals surface area (Å²) >= 11 is 0. The van der Waals surface area contributed by atoms with Crippen molar-refractivity contribution in [2.24, 2.45) is 0 Å². The first-order valence-corrected chi connectivity index (χ1v) is 7.22. The summed E-state index contributed by atoms with van der Waals surface area (Å²) in [6.45, 7) is 3.51. The number of halogens is 1. The highest BCUT2D eigenvalue weighted by molar-refractivity contribution is 7.92. The average molecular weight is 273 g/mol. The first-order valence-electron chi connectivity index (χ1n) is 5.67. The van der Waals surface area contributed by atoms with Crippen LogP contribution >= 0.6 is 0 Å². The molecule has 0 aliphatic rings. The first-order chi connectivity index (χ1) is 8.41. The lowest BCUT2D eigenvalue weighted by Crippen LogP contribution is -2.38. The van der Waals surface area contributed by atoms with Crippen LogP contribution in [0, 0.1) is 5.82 Å². The molecule has 0 heterocycles. The number of nitrogens with one attached hydrogen (secondary N) is 1. The lowest BCUT2D eigenvalue weighted by Gasteiger charge is -2.13. The Morgan fingerprint density at radius 3 is 2.56 bits per heavy atom. The van der Waals surface area contributed by atoms with Gasteiger partial charge in [0.15, 0.2) is 9.84 Å². The van der Waals surface area contributed by atoms with Gasteiger partial charge in [0, 0.05) is 6.54 Å². The maximum atomic E-state index is 13.5. The van der Waals surface area contributed by atoms with Gasteiger partial charge >= 0.3 is 0 Å². The van der Waals surface area contributed by atoms with E-state index in [4.69, 9.17) is 0 Å². The number of hydrogen-bond donors (Lipinski definition) is 1. The van der Waals surface area contributed by atoms with Gasteiger partial charge in [-0.15, -0.1) is 0 Å². The molecule has 1 unspecified atom stereocenters. The minimum atomic E-state index is -3.99. The van der Waals surface area contributed by atoms with Gasteiger partial charge in [-0.1, -0.05) is 19.1 Å². The SMILES string of the molecule is CCCNC(=O)C(C)S(=O)(=O)c1ccccc1F. The molecule has 0 bridgehead atoms. The number of hydrogen-bond acceptors (Lipinski definition) is 3. The number of sulfone groups is 1. The van der Waals surface area contributed by atoms with Crippen LogP contribution in [0.1, 0.15) is 20.3 Å². The Morgan fingerprint density at radius 1 is 1.39 bits per heavy atom.